The third-order valence-electron chi connectivity index (χ3n) is 4.55. The molecule has 0 radical (unpaired) electrons. The van der Waals surface area contributed by atoms with E-state index in [0.29, 0.717) is 17.1 Å². The van der Waals surface area contributed by atoms with Crippen molar-refractivity contribution in [3.63, 3.8) is 0 Å². The number of nitrogens with zero attached hydrogens (tertiary/aromatic N) is 2. The lowest BCUT2D eigenvalue weighted by molar-refractivity contribution is -0.142. The van der Waals surface area contributed by atoms with Gasteiger partial charge in [0.25, 0.3) is 0 Å². The highest BCUT2D eigenvalue weighted by molar-refractivity contribution is 7.99. The lowest BCUT2D eigenvalue weighted by Gasteiger charge is -2.19. The predicted molar refractivity (Wildman–Crippen MR) is 86.4 cm³/mol. The number of amides is 2. The van der Waals surface area contributed by atoms with Crippen molar-refractivity contribution >= 4 is 23.6 Å². The van der Waals surface area contributed by atoms with Crippen molar-refractivity contribution < 1.29 is 18.4 Å². The molecule has 1 spiro atoms. The van der Waals surface area contributed by atoms with Crippen LogP contribution in [0.4, 0.5) is 4.39 Å². The molecule has 0 aliphatic carbocycles. The van der Waals surface area contributed by atoms with Gasteiger partial charge in [0.1, 0.15) is 12.4 Å². The first-order valence-electron chi connectivity index (χ1n) is 7.71. The molecular weight excluding hydrogens is 331 g/mol. The van der Waals surface area contributed by atoms with E-state index >= 15 is 0 Å². The minimum atomic E-state index is -0.528. The Labute approximate surface area is 142 Å². The zero-order valence-electron chi connectivity index (χ0n) is 12.8. The van der Waals surface area contributed by atoms with Gasteiger partial charge in [-0.3, -0.25) is 14.5 Å². The van der Waals surface area contributed by atoms with E-state index in [4.69, 9.17) is 4.42 Å². The van der Waals surface area contributed by atoms with Crippen molar-refractivity contribution in [1.29, 1.82) is 0 Å². The lowest BCUT2D eigenvalue weighted by atomic mass is 9.86. The molecule has 124 valence electrons. The molecule has 7 heteroatoms. The summed E-state index contributed by atoms with van der Waals surface area (Å²) < 4.78 is 18.9. The Hall–Kier alpha value is -2.15. The SMILES string of the molecule is O=C1C[C@@]2(CCSC2)C(=O)N1Cc1ncc(-c2cccc(F)c2)o1. The molecule has 0 saturated carbocycles. The summed E-state index contributed by atoms with van der Waals surface area (Å²) in [5, 5.41) is 0. The highest BCUT2D eigenvalue weighted by Gasteiger charge is 2.53. The van der Waals surface area contributed by atoms with E-state index in [1.54, 1.807) is 23.9 Å². The molecule has 0 unspecified atom stereocenters. The number of likely N-dealkylation sites (tertiary alicyclic amines) is 1. The van der Waals surface area contributed by atoms with Gasteiger partial charge in [-0.1, -0.05) is 12.1 Å². The second kappa shape index (κ2) is 5.73. The third kappa shape index (κ3) is 2.53. The Bertz CT molecular complexity index is 814. The van der Waals surface area contributed by atoms with Crippen molar-refractivity contribution in [3.05, 3.63) is 42.2 Å². The molecule has 24 heavy (non-hydrogen) atoms. The van der Waals surface area contributed by atoms with Crippen molar-refractivity contribution in [1.82, 2.24) is 9.88 Å². The number of aromatic nitrogens is 1. The predicted octanol–water partition coefficient (Wildman–Crippen LogP) is 2.86. The Balaban J connectivity index is 1.54. The van der Waals surface area contributed by atoms with E-state index in [9.17, 15) is 14.0 Å². The number of halogens is 1. The summed E-state index contributed by atoms with van der Waals surface area (Å²) in [6.45, 7) is 0.0272. The summed E-state index contributed by atoms with van der Waals surface area (Å²) in [7, 11) is 0. The first kappa shape index (κ1) is 15.4. The first-order valence-corrected chi connectivity index (χ1v) is 8.86. The van der Waals surface area contributed by atoms with Gasteiger partial charge >= 0.3 is 0 Å². The van der Waals surface area contributed by atoms with Crippen LogP contribution in [0.2, 0.25) is 0 Å². The Morgan fingerprint density at radius 3 is 3.00 bits per heavy atom. The van der Waals surface area contributed by atoms with E-state index in [0.717, 1.165) is 12.2 Å². The fraction of sp³-hybridized carbons (Fsp3) is 0.353. The number of benzene rings is 1. The molecule has 2 aromatic rings. The van der Waals surface area contributed by atoms with Gasteiger partial charge < -0.3 is 4.42 Å². The van der Waals surface area contributed by atoms with Gasteiger partial charge in [0.15, 0.2) is 5.76 Å². The van der Waals surface area contributed by atoms with Crippen LogP contribution >= 0.6 is 11.8 Å². The van der Waals surface area contributed by atoms with Crippen LogP contribution in [0.5, 0.6) is 0 Å². The highest BCUT2D eigenvalue weighted by Crippen LogP contribution is 2.45. The van der Waals surface area contributed by atoms with Crippen LogP contribution in [0, 0.1) is 11.2 Å². The highest BCUT2D eigenvalue weighted by atomic mass is 32.2. The van der Waals surface area contributed by atoms with Crippen molar-refractivity contribution in [3.8, 4) is 11.3 Å². The molecule has 4 rings (SSSR count). The summed E-state index contributed by atoms with van der Waals surface area (Å²) in [6.07, 6.45) is 2.51. The number of hydrogen-bond acceptors (Lipinski definition) is 5. The van der Waals surface area contributed by atoms with Crippen molar-refractivity contribution in [2.75, 3.05) is 11.5 Å². The average Bonchev–Trinajstić information content (AvgIpc) is 3.26. The number of carbonyl (C=O) groups excluding carboxylic acids is 2. The van der Waals surface area contributed by atoms with Gasteiger partial charge in [-0.25, -0.2) is 9.37 Å². The van der Waals surface area contributed by atoms with Crippen LogP contribution in [0.3, 0.4) is 0 Å². The van der Waals surface area contributed by atoms with E-state index in [1.807, 2.05) is 0 Å². The van der Waals surface area contributed by atoms with Gasteiger partial charge in [0, 0.05) is 17.7 Å². The summed E-state index contributed by atoms with van der Waals surface area (Å²) in [5.74, 6) is 1.64. The Morgan fingerprint density at radius 1 is 1.38 bits per heavy atom. The van der Waals surface area contributed by atoms with Gasteiger partial charge in [-0.05, 0) is 24.3 Å². The molecule has 0 bridgehead atoms. The molecular formula is C17H15FN2O3S. The molecule has 3 heterocycles. The molecule has 2 saturated heterocycles. The van der Waals surface area contributed by atoms with E-state index in [1.165, 1.54) is 23.2 Å². The van der Waals surface area contributed by atoms with Gasteiger partial charge in [-0.2, -0.15) is 11.8 Å². The second-order valence-electron chi connectivity index (χ2n) is 6.17. The molecule has 0 N–H and O–H groups in total. The Kier molecular flexibility index (Phi) is 3.68. The molecule has 5 nitrogen and oxygen atoms in total. The topological polar surface area (TPSA) is 63.4 Å². The normalized spacial score (nSPS) is 23.6. The van der Waals surface area contributed by atoms with Gasteiger partial charge in [-0.15, -0.1) is 0 Å². The van der Waals surface area contributed by atoms with Crippen LogP contribution < -0.4 is 0 Å². The second-order valence-corrected chi connectivity index (χ2v) is 7.28. The van der Waals surface area contributed by atoms with E-state index < -0.39 is 5.41 Å². The number of rotatable bonds is 3. The Morgan fingerprint density at radius 2 is 2.25 bits per heavy atom. The van der Waals surface area contributed by atoms with Crippen LogP contribution in [0.1, 0.15) is 18.7 Å². The zero-order chi connectivity index (χ0) is 16.7. The third-order valence-corrected chi connectivity index (χ3v) is 5.80. The van der Waals surface area contributed by atoms with Gasteiger partial charge in [0.05, 0.1) is 11.6 Å². The monoisotopic (exact) mass is 346 g/mol. The number of oxazole rings is 1. The van der Waals surface area contributed by atoms with E-state index in [2.05, 4.69) is 4.98 Å². The maximum Gasteiger partial charge on any atom is 0.237 e. The fourth-order valence-electron chi connectivity index (χ4n) is 3.23. The summed E-state index contributed by atoms with van der Waals surface area (Å²) in [6, 6.07) is 5.99. The minimum absolute atomic E-state index is 0.0272. The van der Waals surface area contributed by atoms with Crippen LogP contribution in [0.25, 0.3) is 11.3 Å². The summed E-state index contributed by atoms with van der Waals surface area (Å²) in [4.78, 5) is 30.3. The number of carbonyl (C=O) groups is 2. The minimum Gasteiger partial charge on any atom is -0.439 e. The molecule has 1 atom stereocenters. The quantitative estimate of drug-likeness (QED) is 0.800. The number of thioether (sulfide) groups is 1. The van der Waals surface area contributed by atoms with Gasteiger partial charge in [0.2, 0.25) is 17.7 Å². The summed E-state index contributed by atoms with van der Waals surface area (Å²) >= 11 is 1.71. The molecule has 1 aromatic carbocycles. The van der Waals surface area contributed by atoms with E-state index in [-0.39, 0.29) is 36.5 Å². The zero-order valence-corrected chi connectivity index (χ0v) is 13.6. The largest absolute Gasteiger partial charge is 0.439 e. The first-order chi connectivity index (χ1) is 11.6. The van der Waals surface area contributed by atoms with Crippen LogP contribution in [-0.4, -0.2) is 33.2 Å². The van der Waals surface area contributed by atoms with Crippen LogP contribution in [0.15, 0.2) is 34.9 Å². The van der Waals surface area contributed by atoms with Crippen LogP contribution in [-0.2, 0) is 16.1 Å². The maximum absolute atomic E-state index is 13.3. The molecule has 2 amide bonds. The molecule has 2 fully saturated rings. The summed E-state index contributed by atoms with van der Waals surface area (Å²) in [5.41, 5.74) is 0.0381. The number of hydrogen-bond donors (Lipinski definition) is 0. The van der Waals surface area contributed by atoms with Crippen molar-refractivity contribution in [2.24, 2.45) is 5.41 Å². The molecule has 2 aliphatic heterocycles. The van der Waals surface area contributed by atoms with Crippen molar-refractivity contribution in [2.45, 2.75) is 19.4 Å². The molecule has 1 aromatic heterocycles. The number of imide groups is 1. The fourth-order valence-corrected chi connectivity index (χ4v) is 4.67. The molecule has 2 aliphatic rings. The maximum atomic E-state index is 13.3. The lowest BCUT2D eigenvalue weighted by Crippen LogP contribution is -2.35. The average molecular weight is 346 g/mol. The smallest absolute Gasteiger partial charge is 0.237 e. The standard InChI is InChI=1S/C17H15FN2O3S/c18-12-3-1-2-11(6-12)13-8-19-14(23-13)9-20-15(21)7-17(16(20)22)4-5-24-10-17/h1-3,6,8H,4-5,7,9-10H2/t17-/m1/s1.